The summed E-state index contributed by atoms with van der Waals surface area (Å²) in [5.41, 5.74) is 3.05. The molecule has 2 aliphatic heterocycles. The summed E-state index contributed by atoms with van der Waals surface area (Å²) >= 11 is 0. The quantitative estimate of drug-likeness (QED) is 0.880. The lowest BCUT2D eigenvalue weighted by molar-refractivity contribution is -0.123. The minimum Gasteiger partial charge on any atom is -0.381 e. The van der Waals surface area contributed by atoms with Crippen molar-refractivity contribution in [2.24, 2.45) is 5.92 Å². The molecule has 1 amide bonds. The topological polar surface area (TPSA) is 67.4 Å². The van der Waals surface area contributed by atoms with E-state index in [9.17, 15) is 4.79 Å². The van der Waals surface area contributed by atoms with Gasteiger partial charge < -0.3 is 15.0 Å². The van der Waals surface area contributed by atoms with Gasteiger partial charge in [-0.05, 0) is 69.2 Å². The summed E-state index contributed by atoms with van der Waals surface area (Å²) in [5, 5.41) is 4.31. The molecule has 4 rings (SSSR count). The van der Waals surface area contributed by atoms with E-state index in [1.165, 1.54) is 5.56 Å². The van der Waals surface area contributed by atoms with Gasteiger partial charge in [-0.15, -0.1) is 0 Å². The van der Waals surface area contributed by atoms with E-state index in [1.54, 1.807) is 0 Å². The summed E-state index contributed by atoms with van der Waals surface area (Å²) < 4.78 is 5.36. The number of nitrogens with one attached hydrogen (secondary N) is 1. The molecular formula is C22H30N4O2. The number of rotatable bonds is 4. The Hall–Kier alpha value is -2.21. The molecule has 2 aromatic rings. The van der Waals surface area contributed by atoms with E-state index in [1.807, 2.05) is 6.92 Å². The standard InChI is InChI=1S/C22H30N4O2/c1-15-13-16(2)23-22-19(15)3-4-20(25-22)26-9-5-17(6-10-26)14-21(27)24-18-7-11-28-12-8-18/h3-4,13,17-18H,5-12,14H2,1-2H3,(H,24,27). The molecule has 2 fully saturated rings. The van der Waals surface area contributed by atoms with Gasteiger partial charge in [0.15, 0.2) is 5.65 Å². The van der Waals surface area contributed by atoms with E-state index in [2.05, 4.69) is 40.3 Å². The van der Waals surface area contributed by atoms with Gasteiger partial charge in [-0.25, -0.2) is 9.97 Å². The monoisotopic (exact) mass is 382 g/mol. The maximum absolute atomic E-state index is 12.4. The summed E-state index contributed by atoms with van der Waals surface area (Å²) in [4.78, 5) is 24.1. The van der Waals surface area contributed by atoms with Crippen molar-refractivity contribution in [1.29, 1.82) is 0 Å². The summed E-state index contributed by atoms with van der Waals surface area (Å²) in [5.74, 6) is 1.65. The Kier molecular flexibility index (Phi) is 5.76. The van der Waals surface area contributed by atoms with E-state index in [4.69, 9.17) is 9.72 Å². The molecule has 28 heavy (non-hydrogen) atoms. The number of anilines is 1. The third-order valence-corrected chi connectivity index (χ3v) is 5.99. The molecule has 0 atom stereocenters. The van der Waals surface area contributed by atoms with Gasteiger partial charge in [0.25, 0.3) is 0 Å². The van der Waals surface area contributed by atoms with Gasteiger partial charge in [0.1, 0.15) is 5.82 Å². The third kappa shape index (κ3) is 4.43. The first-order valence-corrected chi connectivity index (χ1v) is 10.5. The Labute approximate surface area is 166 Å². The largest absolute Gasteiger partial charge is 0.381 e. The Bertz CT molecular complexity index is 840. The molecule has 6 nitrogen and oxygen atoms in total. The van der Waals surface area contributed by atoms with Gasteiger partial charge in [-0.2, -0.15) is 0 Å². The number of aromatic nitrogens is 2. The van der Waals surface area contributed by atoms with Crippen LogP contribution in [0.1, 0.15) is 43.4 Å². The van der Waals surface area contributed by atoms with Gasteiger partial charge in [-0.1, -0.05) is 0 Å². The highest BCUT2D eigenvalue weighted by molar-refractivity contribution is 5.80. The third-order valence-electron chi connectivity index (χ3n) is 5.99. The fraction of sp³-hybridized carbons (Fsp3) is 0.591. The van der Waals surface area contributed by atoms with Crippen LogP contribution < -0.4 is 10.2 Å². The second-order valence-corrected chi connectivity index (χ2v) is 8.21. The number of amides is 1. The lowest BCUT2D eigenvalue weighted by Crippen LogP contribution is -2.41. The maximum atomic E-state index is 12.4. The number of ether oxygens (including phenoxy) is 1. The van der Waals surface area contributed by atoms with Crippen molar-refractivity contribution in [3.05, 3.63) is 29.5 Å². The number of pyridine rings is 2. The SMILES string of the molecule is Cc1cc(C)c2ccc(N3CCC(CC(=O)NC4CCOCC4)CC3)nc2n1. The summed E-state index contributed by atoms with van der Waals surface area (Å²) in [6.45, 7) is 7.52. The molecule has 2 aromatic heterocycles. The van der Waals surface area contributed by atoms with Crippen LogP contribution in [0.25, 0.3) is 11.0 Å². The normalized spacial score (nSPS) is 19.1. The van der Waals surface area contributed by atoms with E-state index >= 15 is 0 Å². The van der Waals surface area contributed by atoms with Gasteiger partial charge in [-0.3, -0.25) is 4.79 Å². The molecule has 0 unspecified atom stereocenters. The fourth-order valence-electron chi connectivity index (χ4n) is 4.35. The molecule has 2 aliphatic rings. The first-order valence-electron chi connectivity index (χ1n) is 10.5. The highest BCUT2D eigenvalue weighted by Crippen LogP contribution is 2.26. The molecule has 2 saturated heterocycles. The fourth-order valence-corrected chi connectivity index (χ4v) is 4.35. The van der Waals surface area contributed by atoms with Crippen LogP contribution in [0, 0.1) is 19.8 Å². The van der Waals surface area contributed by atoms with Gasteiger partial charge in [0, 0.05) is 49.8 Å². The van der Waals surface area contributed by atoms with Crippen LogP contribution in [0.4, 0.5) is 5.82 Å². The van der Waals surface area contributed by atoms with Crippen LogP contribution in [0.2, 0.25) is 0 Å². The molecular weight excluding hydrogens is 352 g/mol. The minimum atomic E-state index is 0.198. The zero-order valence-electron chi connectivity index (χ0n) is 16.9. The summed E-state index contributed by atoms with van der Waals surface area (Å²) in [6, 6.07) is 6.63. The van der Waals surface area contributed by atoms with Crippen molar-refractivity contribution in [2.45, 2.75) is 52.0 Å². The second kappa shape index (κ2) is 8.43. The highest BCUT2D eigenvalue weighted by atomic mass is 16.5. The van der Waals surface area contributed by atoms with Crippen LogP contribution >= 0.6 is 0 Å². The Balaban J connectivity index is 1.32. The lowest BCUT2D eigenvalue weighted by Gasteiger charge is -2.33. The van der Waals surface area contributed by atoms with Gasteiger partial charge in [0.05, 0.1) is 0 Å². The number of hydrogen-bond donors (Lipinski definition) is 1. The van der Waals surface area contributed by atoms with Crippen LogP contribution in [0.5, 0.6) is 0 Å². The smallest absolute Gasteiger partial charge is 0.220 e. The molecule has 0 bridgehead atoms. The predicted molar refractivity (Wildman–Crippen MR) is 111 cm³/mol. The van der Waals surface area contributed by atoms with E-state index < -0.39 is 0 Å². The van der Waals surface area contributed by atoms with Crippen molar-refractivity contribution in [1.82, 2.24) is 15.3 Å². The van der Waals surface area contributed by atoms with Crippen molar-refractivity contribution < 1.29 is 9.53 Å². The van der Waals surface area contributed by atoms with Crippen LogP contribution in [0.15, 0.2) is 18.2 Å². The zero-order valence-corrected chi connectivity index (χ0v) is 16.9. The first-order chi connectivity index (χ1) is 13.6. The average Bonchev–Trinajstić information content (AvgIpc) is 2.68. The number of nitrogens with zero attached hydrogens (tertiary/aromatic N) is 3. The zero-order chi connectivity index (χ0) is 19.5. The number of piperidine rings is 1. The maximum Gasteiger partial charge on any atom is 0.220 e. The van der Waals surface area contributed by atoms with Crippen molar-refractivity contribution >= 4 is 22.8 Å². The molecule has 0 saturated carbocycles. The van der Waals surface area contributed by atoms with Crippen LogP contribution in [0.3, 0.4) is 0 Å². The average molecular weight is 383 g/mol. The Morgan fingerprint density at radius 2 is 1.89 bits per heavy atom. The highest BCUT2D eigenvalue weighted by Gasteiger charge is 2.24. The number of fused-ring (bicyclic) bond motifs is 1. The van der Waals surface area contributed by atoms with Crippen molar-refractivity contribution in [3.8, 4) is 0 Å². The molecule has 1 N–H and O–H groups in total. The molecule has 0 aliphatic carbocycles. The summed E-state index contributed by atoms with van der Waals surface area (Å²) in [6.07, 6.45) is 4.56. The molecule has 0 radical (unpaired) electrons. The van der Waals surface area contributed by atoms with E-state index in [-0.39, 0.29) is 5.91 Å². The van der Waals surface area contributed by atoms with Crippen molar-refractivity contribution in [3.63, 3.8) is 0 Å². The van der Waals surface area contributed by atoms with Crippen molar-refractivity contribution in [2.75, 3.05) is 31.2 Å². The lowest BCUT2D eigenvalue weighted by atomic mass is 9.93. The van der Waals surface area contributed by atoms with E-state index in [0.29, 0.717) is 18.4 Å². The first kappa shape index (κ1) is 19.1. The second-order valence-electron chi connectivity index (χ2n) is 8.21. The minimum absolute atomic E-state index is 0.198. The van der Waals surface area contributed by atoms with Crippen LogP contribution in [-0.2, 0) is 9.53 Å². The molecule has 6 heteroatoms. The Morgan fingerprint density at radius 1 is 1.14 bits per heavy atom. The molecule has 150 valence electrons. The number of carbonyl (C=O) groups is 1. The van der Waals surface area contributed by atoms with Crippen LogP contribution in [-0.4, -0.2) is 48.2 Å². The number of carbonyl (C=O) groups excluding carboxylic acids is 1. The number of aryl methyl sites for hydroxylation is 2. The van der Waals surface area contributed by atoms with Gasteiger partial charge >= 0.3 is 0 Å². The molecule has 4 heterocycles. The Morgan fingerprint density at radius 3 is 2.64 bits per heavy atom. The molecule has 0 spiro atoms. The predicted octanol–water partition coefficient (Wildman–Crippen LogP) is 3.15. The molecule has 0 aromatic carbocycles. The van der Waals surface area contributed by atoms with Gasteiger partial charge in [0.2, 0.25) is 5.91 Å². The van der Waals surface area contributed by atoms with E-state index in [0.717, 1.165) is 74.5 Å². The number of hydrogen-bond acceptors (Lipinski definition) is 5. The summed E-state index contributed by atoms with van der Waals surface area (Å²) in [7, 11) is 0.